The number of hydrogen-bond acceptors (Lipinski definition) is 4. The first-order chi connectivity index (χ1) is 12.1. The molecule has 0 bridgehead atoms. The second kappa shape index (κ2) is 11.4. The van der Waals surface area contributed by atoms with Gasteiger partial charge in [-0.1, -0.05) is 19.1 Å². The molecule has 1 aromatic heterocycles. The zero-order valence-corrected chi connectivity index (χ0v) is 17.4. The Hall–Kier alpha value is -2.17. The summed E-state index contributed by atoms with van der Waals surface area (Å²) >= 11 is 0. The second-order valence-corrected chi connectivity index (χ2v) is 5.48. The van der Waals surface area contributed by atoms with Crippen molar-refractivity contribution >= 4 is 35.8 Å². The van der Waals surface area contributed by atoms with Crippen LogP contribution in [0.2, 0.25) is 0 Å². The molecule has 0 aliphatic carbocycles. The summed E-state index contributed by atoms with van der Waals surface area (Å²) < 4.78 is 2.02. The highest BCUT2D eigenvalue weighted by Gasteiger charge is 2.03. The van der Waals surface area contributed by atoms with Gasteiger partial charge >= 0.3 is 0 Å². The molecular formula is C17H26IN7O. The summed E-state index contributed by atoms with van der Waals surface area (Å²) in [6.07, 6.45) is 2.59. The molecule has 2 aromatic rings. The van der Waals surface area contributed by atoms with Crippen LogP contribution in [0.15, 0.2) is 35.6 Å². The van der Waals surface area contributed by atoms with E-state index in [9.17, 15) is 4.79 Å². The number of nitrogens with one attached hydrogen (secondary N) is 2. The van der Waals surface area contributed by atoms with E-state index in [1.807, 2.05) is 23.6 Å². The van der Waals surface area contributed by atoms with Crippen molar-refractivity contribution in [3.63, 3.8) is 0 Å². The number of primary amides is 1. The topological polar surface area (TPSA) is 110 Å². The van der Waals surface area contributed by atoms with Crippen molar-refractivity contribution < 1.29 is 4.79 Å². The summed E-state index contributed by atoms with van der Waals surface area (Å²) in [6, 6.07) is 7.19. The number of benzene rings is 1. The van der Waals surface area contributed by atoms with Gasteiger partial charge in [-0.25, -0.2) is 4.99 Å². The van der Waals surface area contributed by atoms with Crippen molar-refractivity contribution in [2.45, 2.75) is 33.4 Å². The number of carbonyl (C=O) groups is 1. The Morgan fingerprint density at radius 3 is 2.81 bits per heavy atom. The fourth-order valence-corrected chi connectivity index (χ4v) is 2.37. The van der Waals surface area contributed by atoms with Gasteiger partial charge in [-0.05, 0) is 24.6 Å². The molecule has 142 valence electrons. The van der Waals surface area contributed by atoms with E-state index in [0.29, 0.717) is 18.7 Å². The SMILES string of the molecule is CCNC(=NCc1cccc(C(N)=O)c1)NCCn1cnnc1CC.I. The number of halogens is 1. The third-order valence-electron chi connectivity index (χ3n) is 3.63. The fraction of sp³-hybridized carbons (Fsp3) is 0.412. The highest BCUT2D eigenvalue weighted by molar-refractivity contribution is 14.0. The van der Waals surface area contributed by atoms with E-state index in [1.54, 1.807) is 18.5 Å². The Balaban J connectivity index is 0.00000338. The van der Waals surface area contributed by atoms with E-state index in [2.05, 4.69) is 32.7 Å². The van der Waals surface area contributed by atoms with Gasteiger partial charge in [-0.3, -0.25) is 4.79 Å². The number of amides is 1. The van der Waals surface area contributed by atoms with E-state index in [0.717, 1.165) is 36.9 Å². The van der Waals surface area contributed by atoms with Crippen LogP contribution in [0.3, 0.4) is 0 Å². The van der Waals surface area contributed by atoms with Gasteiger partial charge in [0.2, 0.25) is 5.91 Å². The van der Waals surface area contributed by atoms with E-state index >= 15 is 0 Å². The van der Waals surface area contributed by atoms with Crippen molar-refractivity contribution in [3.8, 4) is 0 Å². The first kappa shape index (κ1) is 21.9. The standard InChI is InChI=1S/C17H25N7O.HI/c1-3-15-23-22-12-24(15)9-8-20-17(19-4-2)21-11-13-6-5-7-14(10-13)16(18)25;/h5-7,10,12H,3-4,8-9,11H2,1-2H3,(H2,18,25)(H2,19,20,21);1H. The van der Waals surface area contributed by atoms with Crippen LogP contribution in [-0.4, -0.2) is 39.7 Å². The maximum Gasteiger partial charge on any atom is 0.248 e. The number of nitrogens with zero attached hydrogens (tertiary/aromatic N) is 4. The molecule has 8 nitrogen and oxygen atoms in total. The molecule has 1 heterocycles. The lowest BCUT2D eigenvalue weighted by atomic mass is 10.1. The maximum absolute atomic E-state index is 11.2. The number of aryl methyl sites for hydroxylation is 1. The number of carbonyl (C=O) groups excluding carboxylic acids is 1. The second-order valence-electron chi connectivity index (χ2n) is 5.48. The van der Waals surface area contributed by atoms with Crippen LogP contribution in [-0.2, 0) is 19.5 Å². The average Bonchev–Trinajstić information content (AvgIpc) is 3.07. The van der Waals surface area contributed by atoms with Crippen LogP contribution in [0.4, 0.5) is 0 Å². The van der Waals surface area contributed by atoms with Gasteiger partial charge in [0.1, 0.15) is 12.2 Å². The molecule has 0 unspecified atom stereocenters. The number of guanidine groups is 1. The lowest BCUT2D eigenvalue weighted by Gasteiger charge is -2.12. The number of aliphatic imine (C=N–C) groups is 1. The largest absolute Gasteiger partial charge is 0.366 e. The normalized spacial score (nSPS) is 10.9. The summed E-state index contributed by atoms with van der Waals surface area (Å²) in [6.45, 7) is 6.76. The Kier molecular flexibility index (Phi) is 9.63. The molecule has 4 N–H and O–H groups in total. The summed E-state index contributed by atoms with van der Waals surface area (Å²) in [5, 5.41) is 14.5. The molecule has 0 fully saturated rings. The predicted molar refractivity (Wildman–Crippen MR) is 113 cm³/mol. The summed E-state index contributed by atoms with van der Waals surface area (Å²) in [4.78, 5) is 15.8. The zero-order chi connectivity index (χ0) is 18.1. The van der Waals surface area contributed by atoms with Crippen molar-refractivity contribution in [1.29, 1.82) is 0 Å². The number of rotatable bonds is 8. The van der Waals surface area contributed by atoms with Gasteiger partial charge in [-0.15, -0.1) is 34.2 Å². The zero-order valence-electron chi connectivity index (χ0n) is 15.1. The molecule has 9 heteroatoms. The molecular weight excluding hydrogens is 445 g/mol. The molecule has 0 radical (unpaired) electrons. The Labute approximate surface area is 170 Å². The van der Waals surface area contributed by atoms with Crippen molar-refractivity contribution in [2.24, 2.45) is 10.7 Å². The van der Waals surface area contributed by atoms with E-state index < -0.39 is 5.91 Å². The molecule has 2 rings (SSSR count). The third-order valence-corrected chi connectivity index (χ3v) is 3.63. The minimum absolute atomic E-state index is 0. The molecule has 1 amide bonds. The molecule has 0 aliphatic rings. The summed E-state index contributed by atoms with van der Waals surface area (Å²) in [7, 11) is 0. The third kappa shape index (κ3) is 6.62. The van der Waals surface area contributed by atoms with Crippen LogP contribution < -0.4 is 16.4 Å². The molecule has 0 aliphatic heterocycles. The van der Waals surface area contributed by atoms with Gasteiger partial charge in [0.05, 0.1) is 6.54 Å². The first-order valence-corrected chi connectivity index (χ1v) is 8.41. The predicted octanol–water partition coefficient (Wildman–Crippen LogP) is 1.31. The van der Waals surface area contributed by atoms with Crippen LogP contribution in [0, 0.1) is 0 Å². The Bertz CT molecular complexity index is 729. The molecule has 0 spiro atoms. The van der Waals surface area contributed by atoms with Gasteiger partial charge in [0.25, 0.3) is 0 Å². The number of nitrogens with two attached hydrogens (primary N) is 1. The molecule has 0 atom stereocenters. The Morgan fingerprint density at radius 2 is 2.12 bits per heavy atom. The van der Waals surface area contributed by atoms with E-state index in [1.165, 1.54) is 0 Å². The minimum Gasteiger partial charge on any atom is -0.366 e. The van der Waals surface area contributed by atoms with E-state index in [-0.39, 0.29) is 24.0 Å². The maximum atomic E-state index is 11.2. The molecule has 0 saturated carbocycles. The molecule has 26 heavy (non-hydrogen) atoms. The van der Waals surface area contributed by atoms with Gasteiger partial charge in [0, 0.05) is 31.6 Å². The van der Waals surface area contributed by atoms with Gasteiger partial charge in [0.15, 0.2) is 5.96 Å². The number of hydrogen-bond donors (Lipinski definition) is 3. The average molecular weight is 471 g/mol. The first-order valence-electron chi connectivity index (χ1n) is 8.41. The number of aromatic nitrogens is 3. The van der Waals surface area contributed by atoms with Gasteiger partial charge < -0.3 is 20.9 Å². The lowest BCUT2D eigenvalue weighted by Crippen LogP contribution is -2.38. The monoisotopic (exact) mass is 471 g/mol. The van der Waals surface area contributed by atoms with Crippen LogP contribution in [0.25, 0.3) is 0 Å². The van der Waals surface area contributed by atoms with Crippen LogP contribution >= 0.6 is 24.0 Å². The van der Waals surface area contributed by atoms with Crippen LogP contribution in [0.5, 0.6) is 0 Å². The smallest absolute Gasteiger partial charge is 0.248 e. The lowest BCUT2D eigenvalue weighted by molar-refractivity contribution is 0.1000. The highest BCUT2D eigenvalue weighted by Crippen LogP contribution is 2.06. The molecule has 1 aromatic carbocycles. The van der Waals surface area contributed by atoms with Gasteiger partial charge in [-0.2, -0.15) is 0 Å². The van der Waals surface area contributed by atoms with Crippen LogP contribution in [0.1, 0.15) is 35.6 Å². The fourth-order valence-electron chi connectivity index (χ4n) is 2.37. The highest BCUT2D eigenvalue weighted by atomic mass is 127. The Morgan fingerprint density at radius 1 is 1.31 bits per heavy atom. The minimum atomic E-state index is -0.434. The van der Waals surface area contributed by atoms with Crippen molar-refractivity contribution in [1.82, 2.24) is 25.4 Å². The van der Waals surface area contributed by atoms with E-state index in [4.69, 9.17) is 5.73 Å². The summed E-state index contributed by atoms with van der Waals surface area (Å²) in [5.74, 6) is 1.25. The van der Waals surface area contributed by atoms with Crippen molar-refractivity contribution in [3.05, 3.63) is 47.5 Å². The molecule has 0 saturated heterocycles. The van der Waals surface area contributed by atoms with Crippen molar-refractivity contribution in [2.75, 3.05) is 13.1 Å². The summed E-state index contributed by atoms with van der Waals surface area (Å²) in [5.41, 5.74) is 6.73. The quantitative estimate of drug-likeness (QED) is 0.306.